The predicted molar refractivity (Wildman–Crippen MR) is 125 cm³/mol. The molecule has 0 aliphatic heterocycles. The Balaban J connectivity index is 1.58. The lowest BCUT2D eigenvalue weighted by molar-refractivity contribution is 0.284. The van der Waals surface area contributed by atoms with Crippen LogP contribution in [0.3, 0.4) is 0 Å². The first-order valence-corrected chi connectivity index (χ1v) is 10.5. The molecule has 6 heteroatoms. The van der Waals surface area contributed by atoms with Crippen molar-refractivity contribution in [2.24, 2.45) is 15.9 Å². The monoisotopic (exact) mass is 419 g/mol. The van der Waals surface area contributed by atoms with E-state index in [1.54, 1.807) is 13.3 Å². The van der Waals surface area contributed by atoms with Gasteiger partial charge < -0.3 is 15.2 Å². The second-order valence-electron chi connectivity index (χ2n) is 6.65. The van der Waals surface area contributed by atoms with Gasteiger partial charge in [0.05, 0.1) is 13.3 Å². The van der Waals surface area contributed by atoms with Gasteiger partial charge in [0.1, 0.15) is 6.61 Å². The lowest BCUT2D eigenvalue weighted by Crippen LogP contribution is -2.06. The number of rotatable bonds is 8. The second kappa shape index (κ2) is 11.1. The summed E-state index contributed by atoms with van der Waals surface area (Å²) < 4.78 is 11.4. The van der Waals surface area contributed by atoms with Crippen LogP contribution in [-0.4, -0.2) is 18.5 Å². The normalized spacial score (nSPS) is 11.6. The number of hydrogen-bond donors (Lipinski definition) is 1. The Morgan fingerprint density at radius 3 is 2.53 bits per heavy atom. The fourth-order valence-electron chi connectivity index (χ4n) is 2.76. The lowest BCUT2D eigenvalue weighted by Gasteiger charge is -2.11. The first-order chi connectivity index (χ1) is 14.6. The van der Waals surface area contributed by atoms with Crippen LogP contribution in [0.25, 0.3) is 0 Å². The molecule has 5 nitrogen and oxygen atoms in total. The third-order valence-corrected chi connectivity index (χ3v) is 5.11. The quantitative estimate of drug-likeness (QED) is 0.311. The Morgan fingerprint density at radius 2 is 1.77 bits per heavy atom. The molecule has 3 aromatic rings. The molecule has 3 aromatic carbocycles. The first-order valence-electron chi connectivity index (χ1n) is 9.53. The van der Waals surface area contributed by atoms with Crippen LogP contribution in [0.2, 0.25) is 0 Å². The van der Waals surface area contributed by atoms with Gasteiger partial charge >= 0.3 is 0 Å². The highest BCUT2D eigenvalue weighted by atomic mass is 32.2. The van der Waals surface area contributed by atoms with Crippen LogP contribution in [0, 0.1) is 6.92 Å². The van der Waals surface area contributed by atoms with E-state index >= 15 is 0 Å². The molecule has 0 spiro atoms. The fraction of sp³-hybridized carbons (Fsp3) is 0.167. The van der Waals surface area contributed by atoms with Gasteiger partial charge in [-0.25, -0.2) is 0 Å². The molecule has 0 aliphatic rings. The van der Waals surface area contributed by atoms with Crippen LogP contribution < -0.4 is 15.2 Å². The van der Waals surface area contributed by atoms with Gasteiger partial charge in [-0.15, -0.1) is 5.10 Å². The van der Waals surface area contributed by atoms with E-state index in [0.29, 0.717) is 23.3 Å². The molecule has 0 unspecified atom stereocenters. The van der Waals surface area contributed by atoms with Crippen LogP contribution in [0.15, 0.2) is 83.0 Å². The summed E-state index contributed by atoms with van der Waals surface area (Å²) in [7, 11) is 1.62. The number of benzene rings is 3. The summed E-state index contributed by atoms with van der Waals surface area (Å²) in [5.41, 5.74) is 10.3. The van der Waals surface area contributed by atoms with Gasteiger partial charge in [-0.1, -0.05) is 71.9 Å². The second-order valence-corrected chi connectivity index (χ2v) is 7.64. The Kier molecular flexibility index (Phi) is 7.92. The summed E-state index contributed by atoms with van der Waals surface area (Å²) in [6.07, 6.45) is 1.64. The number of thioether (sulfide) groups is 1. The molecule has 0 saturated heterocycles. The molecule has 0 amide bonds. The van der Waals surface area contributed by atoms with Crippen molar-refractivity contribution in [3.05, 3.63) is 95.1 Å². The minimum atomic E-state index is 0.417. The molecular weight excluding hydrogens is 394 g/mol. The Morgan fingerprint density at radius 1 is 0.967 bits per heavy atom. The zero-order valence-electron chi connectivity index (χ0n) is 17.1. The van der Waals surface area contributed by atoms with E-state index in [2.05, 4.69) is 41.4 Å². The number of methoxy groups -OCH3 is 1. The topological polar surface area (TPSA) is 69.2 Å². The van der Waals surface area contributed by atoms with E-state index in [4.69, 9.17) is 15.2 Å². The molecule has 0 aromatic heterocycles. The van der Waals surface area contributed by atoms with E-state index in [1.165, 1.54) is 22.9 Å². The molecule has 0 aliphatic carbocycles. The van der Waals surface area contributed by atoms with Crippen molar-refractivity contribution in [3.8, 4) is 11.5 Å². The van der Waals surface area contributed by atoms with Crippen molar-refractivity contribution in [2.75, 3.05) is 7.11 Å². The standard InChI is InChI=1S/C24H25N3O2S/c1-18-7-6-10-21(13-18)16-29-22-12-11-20(14-23(22)28-2)15-26-27-24(25)30-17-19-8-4-3-5-9-19/h3-15H,16-17H2,1-2H3,(H2,25,27). The zero-order valence-corrected chi connectivity index (χ0v) is 17.9. The third kappa shape index (κ3) is 6.67. The minimum Gasteiger partial charge on any atom is -0.493 e. The number of ether oxygens (including phenoxy) is 2. The summed E-state index contributed by atoms with van der Waals surface area (Å²) >= 11 is 1.45. The van der Waals surface area contributed by atoms with Crippen molar-refractivity contribution in [1.29, 1.82) is 0 Å². The van der Waals surface area contributed by atoms with Crippen LogP contribution in [0.4, 0.5) is 0 Å². The first kappa shape index (κ1) is 21.5. The number of aryl methyl sites for hydroxylation is 1. The highest BCUT2D eigenvalue weighted by Gasteiger charge is 2.06. The Hall–Kier alpha value is -3.25. The summed E-state index contributed by atoms with van der Waals surface area (Å²) in [6.45, 7) is 2.54. The highest BCUT2D eigenvalue weighted by Crippen LogP contribution is 2.28. The van der Waals surface area contributed by atoms with Crippen molar-refractivity contribution < 1.29 is 9.47 Å². The Labute approximate surface area is 181 Å². The van der Waals surface area contributed by atoms with Crippen molar-refractivity contribution in [2.45, 2.75) is 19.3 Å². The molecule has 0 heterocycles. The average molecular weight is 420 g/mol. The van der Waals surface area contributed by atoms with Gasteiger partial charge in [-0.2, -0.15) is 5.10 Å². The van der Waals surface area contributed by atoms with Crippen molar-refractivity contribution >= 4 is 23.1 Å². The van der Waals surface area contributed by atoms with Crippen LogP contribution in [0.5, 0.6) is 11.5 Å². The van der Waals surface area contributed by atoms with E-state index in [1.807, 2.05) is 48.5 Å². The summed E-state index contributed by atoms with van der Waals surface area (Å²) in [6, 6.07) is 24.0. The van der Waals surface area contributed by atoms with Gasteiger partial charge in [-0.05, 0) is 41.8 Å². The third-order valence-electron chi connectivity index (χ3n) is 4.26. The molecule has 154 valence electrons. The lowest BCUT2D eigenvalue weighted by atomic mass is 10.1. The van der Waals surface area contributed by atoms with Gasteiger partial charge in [0, 0.05) is 5.75 Å². The number of hydrogen-bond acceptors (Lipinski definition) is 5. The van der Waals surface area contributed by atoms with E-state index in [9.17, 15) is 0 Å². The SMILES string of the molecule is COc1cc(C=NN=C(N)SCc2ccccc2)ccc1OCc1cccc(C)c1. The fourth-order valence-corrected chi connectivity index (χ4v) is 3.37. The van der Waals surface area contributed by atoms with E-state index in [0.717, 1.165) is 16.9 Å². The molecule has 2 N–H and O–H groups in total. The minimum absolute atomic E-state index is 0.417. The Bertz CT molecular complexity index is 1020. The maximum absolute atomic E-state index is 5.93. The van der Waals surface area contributed by atoms with E-state index < -0.39 is 0 Å². The van der Waals surface area contributed by atoms with Gasteiger partial charge in [0.15, 0.2) is 16.7 Å². The molecule has 0 saturated carbocycles. The molecule has 0 bridgehead atoms. The molecular formula is C24H25N3O2S. The van der Waals surface area contributed by atoms with Gasteiger partial charge in [0.2, 0.25) is 0 Å². The van der Waals surface area contributed by atoms with Crippen LogP contribution in [0.1, 0.15) is 22.3 Å². The maximum atomic E-state index is 5.93. The molecule has 0 atom stereocenters. The largest absolute Gasteiger partial charge is 0.493 e. The molecule has 0 radical (unpaired) electrons. The smallest absolute Gasteiger partial charge is 0.180 e. The molecule has 0 fully saturated rings. The predicted octanol–water partition coefficient (Wildman–Crippen LogP) is 5.16. The van der Waals surface area contributed by atoms with Crippen LogP contribution in [-0.2, 0) is 12.4 Å². The molecule has 30 heavy (non-hydrogen) atoms. The zero-order chi connectivity index (χ0) is 21.2. The summed E-state index contributed by atoms with van der Waals surface area (Å²) in [5.74, 6) is 2.08. The summed E-state index contributed by atoms with van der Waals surface area (Å²) in [4.78, 5) is 0. The number of amidine groups is 1. The average Bonchev–Trinajstić information content (AvgIpc) is 2.77. The van der Waals surface area contributed by atoms with Gasteiger partial charge in [-0.3, -0.25) is 0 Å². The number of nitrogens with zero attached hydrogens (tertiary/aromatic N) is 2. The van der Waals surface area contributed by atoms with Gasteiger partial charge in [0.25, 0.3) is 0 Å². The van der Waals surface area contributed by atoms with E-state index in [-0.39, 0.29) is 0 Å². The summed E-state index contributed by atoms with van der Waals surface area (Å²) in [5, 5.41) is 8.55. The molecule has 3 rings (SSSR count). The maximum Gasteiger partial charge on any atom is 0.180 e. The van der Waals surface area contributed by atoms with Crippen LogP contribution >= 0.6 is 11.8 Å². The highest BCUT2D eigenvalue weighted by molar-refractivity contribution is 8.13. The number of nitrogens with two attached hydrogens (primary N) is 1. The van der Waals surface area contributed by atoms with Crippen molar-refractivity contribution in [3.63, 3.8) is 0 Å². The van der Waals surface area contributed by atoms with Crippen molar-refractivity contribution in [1.82, 2.24) is 0 Å².